The normalized spacial score (nSPS) is 13.8. The molecule has 0 radical (unpaired) electrons. The maximum absolute atomic E-state index is 12.3. The lowest BCUT2D eigenvalue weighted by Crippen LogP contribution is -2.11. The summed E-state index contributed by atoms with van der Waals surface area (Å²) >= 11 is 3.55. The van der Waals surface area contributed by atoms with Gasteiger partial charge in [0.15, 0.2) is 0 Å². The van der Waals surface area contributed by atoms with Crippen molar-refractivity contribution in [3.8, 4) is 0 Å². The topological polar surface area (TPSA) is 55.1 Å². The van der Waals surface area contributed by atoms with Gasteiger partial charge in [-0.25, -0.2) is 0 Å². The minimum absolute atomic E-state index is 0.0388. The van der Waals surface area contributed by atoms with Crippen LogP contribution in [0.4, 0.5) is 11.4 Å². The first-order valence-corrected chi connectivity index (χ1v) is 8.47. The summed E-state index contributed by atoms with van der Waals surface area (Å²) < 4.78 is 0. The molecule has 0 spiro atoms. The molecule has 0 unspecified atom stereocenters. The molecule has 104 valence electrons. The molecule has 3 nitrogen and oxygen atoms in total. The molecule has 20 heavy (non-hydrogen) atoms. The second kappa shape index (κ2) is 5.50. The quantitative estimate of drug-likeness (QED) is 0.832. The number of thioether (sulfide) groups is 1. The molecule has 0 fully saturated rings. The Balaban J connectivity index is 1.82. The number of rotatable bonds is 2. The molecule has 1 amide bonds. The van der Waals surface area contributed by atoms with Crippen LogP contribution in [0.15, 0.2) is 24.3 Å². The average Bonchev–Trinajstić information content (AvgIpc) is 2.87. The number of anilines is 2. The lowest BCUT2D eigenvalue weighted by molar-refractivity contribution is 0.103. The fourth-order valence-corrected chi connectivity index (χ4v) is 4.48. The van der Waals surface area contributed by atoms with Gasteiger partial charge in [0.1, 0.15) is 0 Å². The number of nitrogens with two attached hydrogens (primary N) is 1. The maximum Gasteiger partial charge on any atom is 0.265 e. The molecular weight excluding hydrogens is 288 g/mol. The van der Waals surface area contributed by atoms with Crippen molar-refractivity contribution in [1.82, 2.24) is 0 Å². The van der Waals surface area contributed by atoms with E-state index in [1.807, 2.05) is 36.9 Å². The van der Waals surface area contributed by atoms with Crippen molar-refractivity contribution in [2.75, 3.05) is 16.8 Å². The summed E-state index contributed by atoms with van der Waals surface area (Å²) in [7, 11) is 0. The number of hydrogen-bond donors (Lipinski definition) is 2. The van der Waals surface area contributed by atoms with Gasteiger partial charge in [0.2, 0.25) is 0 Å². The van der Waals surface area contributed by atoms with Crippen LogP contribution in [0.3, 0.4) is 0 Å². The number of aryl methyl sites for hydroxylation is 2. The van der Waals surface area contributed by atoms with E-state index in [2.05, 4.69) is 5.32 Å². The third-order valence-electron chi connectivity index (χ3n) is 3.36. The second-order valence-electron chi connectivity index (χ2n) is 4.89. The third kappa shape index (κ3) is 2.69. The van der Waals surface area contributed by atoms with Crippen LogP contribution in [0, 0.1) is 6.92 Å². The van der Waals surface area contributed by atoms with Gasteiger partial charge in [-0.2, -0.15) is 11.8 Å². The number of benzene rings is 1. The van der Waals surface area contributed by atoms with Crippen LogP contribution < -0.4 is 11.1 Å². The minimum Gasteiger partial charge on any atom is -0.399 e. The number of fused-ring (bicyclic) bond motifs is 1. The zero-order chi connectivity index (χ0) is 14.1. The predicted molar refractivity (Wildman–Crippen MR) is 87.7 cm³/mol. The summed E-state index contributed by atoms with van der Waals surface area (Å²) in [5.41, 5.74) is 9.56. The van der Waals surface area contributed by atoms with Crippen LogP contribution in [0.1, 0.15) is 25.7 Å². The first kappa shape index (κ1) is 13.5. The Morgan fingerprint density at radius 3 is 3.00 bits per heavy atom. The number of thiophene rings is 1. The van der Waals surface area contributed by atoms with Crippen LogP contribution in [0.5, 0.6) is 0 Å². The Bertz CT molecular complexity index is 640. The van der Waals surface area contributed by atoms with Gasteiger partial charge in [-0.1, -0.05) is 6.07 Å². The van der Waals surface area contributed by atoms with Crippen molar-refractivity contribution in [2.24, 2.45) is 0 Å². The Hall–Kier alpha value is -1.46. The highest BCUT2D eigenvalue weighted by atomic mass is 32.2. The minimum atomic E-state index is -0.0388. The van der Waals surface area contributed by atoms with Crippen molar-refractivity contribution in [3.05, 3.63) is 45.1 Å². The number of nitrogens with one attached hydrogen (secondary N) is 1. The summed E-state index contributed by atoms with van der Waals surface area (Å²) in [6.07, 6.45) is 1.08. The number of carbonyl (C=O) groups excluding carboxylic acids is 1. The van der Waals surface area contributed by atoms with Gasteiger partial charge in [-0.05, 0) is 48.4 Å². The molecule has 2 heterocycles. The van der Waals surface area contributed by atoms with Crippen molar-refractivity contribution >= 4 is 40.4 Å². The lowest BCUT2D eigenvalue weighted by atomic mass is 10.2. The number of amides is 1. The molecule has 0 saturated carbocycles. The van der Waals surface area contributed by atoms with Crippen molar-refractivity contribution in [1.29, 1.82) is 0 Å². The fraction of sp³-hybridized carbons (Fsp3) is 0.267. The molecule has 1 aliphatic heterocycles. The standard InChI is InChI=1S/C15H16N2OS2/c1-9-2-3-11(16)7-12(9)17-15(18)14-6-10-8-19-5-4-13(10)20-14/h2-3,6-7H,4-5,8,16H2,1H3,(H,17,18). The van der Waals surface area contributed by atoms with E-state index in [1.165, 1.54) is 10.4 Å². The van der Waals surface area contributed by atoms with Gasteiger partial charge in [0, 0.05) is 22.0 Å². The van der Waals surface area contributed by atoms with Crippen molar-refractivity contribution in [3.63, 3.8) is 0 Å². The van der Waals surface area contributed by atoms with E-state index in [0.29, 0.717) is 5.69 Å². The van der Waals surface area contributed by atoms with Gasteiger partial charge in [0.25, 0.3) is 5.91 Å². The fourth-order valence-electron chi connectivity index (χ4n) is 2.22. The second-order valence-corrected chi connectivity index (χ2v) is 7.13. The number of nitrogen functional groups attached to an aromatic ring is 1. The Kier molecular flexibility index (Phi) is 3.72. The van der Waals surface area contributed by atoms with Gasteiger partial charge in [0.05, 0.1) is 4.88 Å². The largest absolute Gasteiger partial charge is 0.399 e. The molecule has 0 atom stereocenters. The van der Waals surface area contributed by atoms with E-state index in [0.717, 1.165) is 34.1 Å². The van der Waals surface area contributed by atoms with Gasteiger partial charge in [-0.15, -0.1) is 11.3 Å². The summed E-state index contributed by atoms with van der Waals surface area (Å²) in [4.78, 5) is 14.5. The molecule has 3 N–H and O–H groups in total. The maximum atomic E-state index is 12.3. The van der Waals surface area contributed by atoms with Crippen LogP contribution >= 0.6 is 23.1 Å². The molecule has 5 heteroatoms. The van der Waals surface area contributed by atoms with E-state index in [1.54, 1.807) is 17.4 Å². The average molecular weight is 304 g/mol. The van der Waals surface area contributed by atoms with Crippen LogP contribution in [0.2, 0.25) is 0 Å². The van der Waals surface area contributed by atoms with E-state index in [9.17, 15) is 4.79 Å². The summed E-state index contributed by atoms with van der Waals surface area (Å²) in [6.45, 7) is 1.96. The van der Waals surface area contributed by atoms with E-state index in [4.69, 9.17) is 5.73 Å². The summed E-state index contributed by atoms with van der Waals surface area (Å²) in [6, 6.07) is 7.59. The molecule has 0 aliphatic carbocycles. The smallest absolute Gasteiger partial charge is 0.265 e. The van der Waals surface area contributed by atoms with Crippen molar-refractivity contribution in [2.45, 2.75) is 19.1 Å². The first-order chi connectivity index (χ1) is 9.63. The highest BCUT2D eigenvalue weighted by Crippen LogP contribution is 2.32. The summed E-state index contributed by atoms with van der Waals surface area (Å²) in [5.74, 6) is 2.14. The lowest BCUT2D eigenvalue weighted by Gasteiger charge is -2.08. The number of carbonyl (C=O) groups is 1. The van der Waals surface area contributed by atoms with Gasteiger partial charge < -0.3 is 11.1 Å². The Morgan fingerprint density at radius 1 is 1.35 bits per heavy atom. The Morgan fingerprint density at radius 2 is 2.20 bits per heavy atom. The van der Waals surface area contributed by atoms with Crippen molar-refractivity contribution < 1.29 is 4.79 Å². The Labute approximate surface area is 126 Å². The van der Waals surface area contributed by atoms with E-state index in [-0.39, 0.29) is 5.91 Å². The zero-order valence-electron chi connectivity index (χ0n) is 11.2. The molecule has 2 aromatic rings. The van der Waals surface area contributed by atoms with Crippen LogP contribution in [-0.2, 0) is 12.2 Å². The van der Waals surface area contributed by atoms with E-state index < -0.39 is 0 Å². The first-order valence-electron chi connectivity index (χ1n) is 6.50. The molecule has 3 rings (SSSR count). The van der Waals surface area contributed by atoms with E-state index >= 15 is 0 Å². The van der Waals surface area contributed by atoms with Crippen LogP contribution in [0.25, 0.3) is 0 Å². The predicted octanol–water partition coefficient (Wildman–Crippen LogP) is 3.68. The molecular formula is C15H16N2OS2. The molecule has 1 aromatic carbocycles. The highest BCUT2D eigenvalue weighted by Gasteiger charge is 2.17. The molecule has 0 saturated heterocycles. The van der Waals surface area contributed by atoms with Crippen LogP contribution in [-0.4, -0.2) is 11.7 Å². The molecule has 0 bridgehead atoms. The molecule has 1 aromatic heterocycles. The third-order valence-corrected chi connectivity index (χ3v) is 5.61. The zero-order valence-corrected chi connectivity index (χ0v) is 12.9. The monoisotopic (exact) mass is 304 g/mol. The van der Waals surface area contributed by atoms with Gasteiger partial charge >= 0.3 is 0 Å². The SMILES string of the molecule is Cc1ccc(N)cc1NC(=O)c1cc2c(s1)CCSC2. The molecule has 1 aliphatic rings. The number of hydrogen-bond acceptors (Lipinski definition) is 4. The van der Waals surface area contributed by atoms with Gasteiger partial charge in [-0.3, -0.25) is 4.79 Å². The summed E-state index contributed by atoms with van der Waals surface area (Å²) in [5, 5.41) is 2.96. The highest BCUT2D eigenvalue weighted by molar-refractivity contribution is 7.98.